The van der Waals surface area contributed by atoms with E-state index in [-0.39, 0.29) is 24.3 Å². The molecule has 1 atom stereocenters. The van der Waals surface area contributed by atoms with Crippen LogP contribution in [-0.2, 0) is 9.59 Å². The van der Waals surface area contributed by atoms with Crippen LogP contribution >= 0.6 is 11.8 Å². The number of benzene rings is 2. The molecule has 0 bridgehead atoms. The Bertz CT molecular complexity index is 855. The van der Waals surface area contributed by atoms with Gasteiger partial charge in [-0.05, 0) is 31.2 Å². The maximum absolute atomic E-state index is 12.9. The van der Waals surface area contributed by atoms with Gasteiger partial charge in [0, 0.05) is 24.1 Å². The lowest BCUT2D eigenvalue weighted by Crippen LogP contribution is -2.49. The van der Waals surface area contributed by atoms with Gasteiger partial charge in [0.15, 0.2) is 0 Å². The SMILES string of the molecule is Cc1ccc(NC(=O)CN(C)C(=O)C2CSCN2C(=O)c2ccccc2)cc1. The molecular formula is C21H23N3O3S. The number of thioether (sulfide) groups is 1. The molecule has 7 heteroatoms. The van der Waals surface area contributed by atoms with E-state index in [9.17, 15) is 14.4 Å². The molecule has 1 N–H and O–H groups in total. The molecule has 1 fully saturated rings. The first kappa shape index (κ1) is 19.9. The average molecular weight is 398 g/mol. The lowest BCUT2D eigenvalue weighted by atomic mass is 10.1. The number of carbonyl (C=O) groups excluding carboxylic acids is 3. The lowest BCUT2D eigenvalue weighted by Gasteiger charge is -2.27. The molecule has 1 saturated heterocycles. The summed E-state index contributed by atoms with van der Waals surface area (Å²) in [5.74, 6) is 0.329. The average Bonchev–Trinajstić information content (AvgIpc) is 3.19. The molecule has 0 aromatic heterocycles. The third-order valence-electron chi connectivity index (χ3n) is 4.54. The summed E-state index contributed by atoms with van der Waals surface area (Å²) in [5.41, 5.74) is 2.35. The fourth-order valence-corrected chi connectivity index (χ4v) is 4.12. The fourth-order valence-electron chi connectivity index (χ4n) is 2.98. The Labute approximate surface area is 168 Å². The van der Waals surface area contributed by atoms with Crippen molar-refractivity contribution in [1.29, 1.82) is 0 Å². The molecule has 2 aromatic carbocycles. The molecule has 1 aliphatic heterocycles. The van der Waals surface area contributed by atoms with Gasteiger partial charge < -0.3 is 15.1 Å². The van der Waals surface area contributed by atoms with Crippen LogP contribution in [0.15, 0.2) is 54.6 Å². The van der Waals surface area contributed by atoms with Crippen molar-refractivity contribution in [3.63, 3.8) is 0 Å². The highest BCUT2D eigenvalue weighted by atomic mass is 32.2. The summed E-state index contributed by atoms with van der Waals surface area (Å²) < 4.78 is 0. The van der Waals surface area contributed by atoms with E-state index >= 15 is 0 Å². The molecule has 1 aliphatic rings. The highest BCUT2D eigenvalue weighted by molar-refractivity contribution is 7.99. The number of anilines is 1. The zero-order valence-electron chi connectivity index (χ0n) is 15.9. The van der Waals surface area contributed by atoms with Crippen LogP contribution in [0.1, 0.15) is 15.9 Å². The number of aryl methyl sites for hydroxylation is 1. The second kappa shape index (κ2) is 8.93. The first-order valence-electron chi connectivity index (χ1n) is 9.01. The molecule has 28 heavy (non-hydrogen) atoms. The van der Waals surface area contributed by atoms with Crippen molar-refractivity contribution >= 4 is 35.2 Å². The Hall–Kier alpha value is -2.80. The van der Waals surface area contributed by atoms with Gasteiger partial charge in [0.2, 0.25) is 11.8 Å². The molecule has 0 saturated carbocycles. The first-order valence-corrected chi connectivity index (χ1v) is 10.2. The Morgan fingerprint density at radius 2 is 1.79 bits per heavy atom. The van der Waals surface area contributed by atoms with Gasteiger partial charge in [-0.15, -0.1) is 11.8 Å². The van der Waals surface area contributed by atoms with E-state index in [1.165, 1.54) is 16.7 Å². The molecule has 0 radical (unpaired) electrons. The molecule has 0 spiro atoms. The minimum atomic E-state index is -0.560. The van der Waals surface area contributed by atoms with E-state index < -0.39 is 6.04 Å². The summed E-state index contributed by atoms with van der Waals surface area (Å²) in [5, 5.41) is 2.79. The third kappa shape index (κ3) is 4.72. The molecule has 3 amide bonds. The molecule has 0 aliphatic carbocycles. The quantitative estimate of drug-likeness (QED) is 0.842. The van der Waals surface area contributed by atoms with Gasteiger partial charge in [-0.3, -0.25) is 14.4 Å². The number of nitrogens with zero attached hydrogens (tertiary/aromatic N) is 2. The number of rotatable bonds is 5. The Morgan fingerprint density at radius 1 is 1.11 bits per heavy atom. The Morgan fingerprint density at radius 3 is 2.46 bits per heavy atom. The second-order valence-electron chi connectivity index (χ2n) is 6.77. The van der Waals surface area contributed by atoms with Crippen molar-refractivity contribution < 1.29 is 14.4 Å². The van der Waals surface area contributed by atoms with Crippen LogP contribution in [0, 0.1) is 6.92 Å². The van der Waals surface area contributed by atoms with Gasteiger partial charge in [-0.2, -0.15) is 0 Å². The smallest absolute Gasteiger partial charge is 0.255 e. The van der Waals surface area contributed by atoms with Crippen LogP contribution in [0.4, 0.5) is 5.69 Å². The van der Waals surface area contributed by atoms with E-state index in [4.69, 9.17) is 0 Å². The van der Waals surface area contributed by atoms with Gasteiger partial charge in [-0.1, -0.05) is 35.9 Å². The van der Waals surface area contributed by atoms with Gasteiger partial charge in [0.1, 0.15) is 6.04 Å². The summed E-state index contributed by atoms with van der Waals surface area (Å²) in [7, 11) is 1.59. The molecule has 6 nitrogen and oxygen atoms in total. The maximum atomic E-state index is 12.9. The minimum Gasteiger partial charge on any atom is -0.335 e. The first-order chi connectivity index (χ1) is 13.5. The van der Waals surface area contributed by atoms with Gasteiger partial charge in [-0.25, -0.2) is 0 Å². The van der Waals surface area contributed by atoms with Crippen molar-refractivity contribution in [3.05, 3.63) is 65.7 Å². The third-order valence-corrected chi connectivity index (χ3v) is 5.55. The normalized spacial score (nSPS) is 15.9. The van der Waals surface area contributed by atoms with E-state index in [2.05, 4.69) is 5.32 Å². The summed E-state index contributed by atoms with van der Waals surface area (Å²) in [6.45, 7) is 1.90. The van der Waals surface area contributed by atoms with Crippen LogP contribution in [0.25, 0.3) is 0 Å². The lowest BCUT2D eigenvalue weighted by molar-refractivity contribution is -0.136. The Kier molecular flexibility index (Phi) is 6.36. The van der Waals surface area contributed by atoms with E-state index in [0.717, 1.165) is 5.56 Å². The number of nitrogens with one attached hydrogen (secondary N) is 1. The van der Waals surface area contributed by atoms with Crippen LogP contribution < -0.4 is 5.32 Å². The number of likely N-dealkylation sites (N-methyl/N-ethyl adjacent to an activating group) is 1. The number of amides is 3. The summed E-state index contributed by atoms with van der Waals surface area (Å²) in [6, 6.07) is 15.8. The van der Waals surface area contributed by atoms with Crippen LogP contribution in [0.5, 0.6) is 0 Å². The summed E-state index contributed by atoms with van der Waals surface area (Å²) in [4.78, 5) is 40.8. The second-order valence-corrected chi connectivity index (χ2v) is 7.76. The van der Waals surface area contributed by atoms with E-state index in [1.54, 1.807) is 36.2 Å². The Balaban J connectivity index is 1.60. The van der Waals surface area contributed by atoms with Crippen molar-refractivity contribution in [3.8, 4) is 0 Å². The van der Waals surface area contributed by atoms with Crippen LogP contribution in [-0.4, -0.2) is 58.8 Å². The van der Waals surface area contributed by atoms with Crippen LogP contribution in [0.3, 0.4) is 0 Å². The summed E-state index contributed by atoms with van der Waals surface area (Å²) >= 11 is 1.54. The molecule has 2 aromatic rings. The van der Waals surface area contributed by atoms with E-state index in [0.29, 0.717) is 22.9 Å². The zero-order chi connectivity index (χ0) is 20.1. The van der Waals surface area contributed by atoms with E-state index in [1.807, 2.05) is 37.3 Å². The fraction of sp³-hybridized carbons (Fsp3) is 0.286. The standard InChI is InChI=1S/C21H23N3O3S/c1-15-8-10-17(11-9-15)22-19(25)12-23(2)21(27)18-13-28-14-24(18)20(26)16-6-4-3-5-7-16/h3-11,18H,12-14H2,1-2H3,(H,22,25). The monoisotopic (exact) mass is 397 g/mol. The molecule has 1 unspecified atom stereocenters. The van der Waals surface area contributed by atoms with Crippen molar-refractivity contribution in [1.82, 2.24) is 9.80 Å². The maximum Gasteiger partial charge on any atom is 0.255 e. The molecule has 146 valence electrons. The topological polar surface area (TPSA) is 69.7 Å². The predicted octanol–water partition coefficient (Wildman–Crippen LogP) is 2.61. The molecular weight excluding hydrogens is 374 g/mol. The summed E-state index contributed by atoms with van der Waals surface area (Å²) in [6.07, 6.45) is 0. The highest BCUT2D eigenvalue weighted by Gasteiger charge is 2.36. The van der Waals surface area contributed by atoms with Gasteiger partial charge in [0.05, 0.1) is 12.4 Å². The minimum absolute atomic E-state index is 0.0682. The number of carbonyl (C=O) groups is 3. The van der Waals surface area contributed by atoms with Crippen molar-refractivity contribution in [2.75, 3.05) is 30.5 Å². The molecule has 1 heterocycles. The van der Waals surface area contributed by atoms with Crippen LogP contribution in [0.2, 0.25) is 0 Å². The number of hydrogen-bond acceptors (Lipinski definition) is 4. The van der Waals surface area contributed by atoms with Gasteiger partial charge in [0.25, 0.3) is 5.91 Å². The van der Waals surface area contributed by atoms with Crippen molar-refractivity contribution in [2.45, 2.75) is 13.0 Å². The predicted molar refractivity (Wildman–Crippen MR) is 111 cm³/mol. The van der Waals surface area contributed by atoms with Crippen molar-refractivity contribution in [2.24, 2.45) is 0 Å². The highest BCUT2D eigenvalue weighted by Crippen LogP contribution is 2.24. The number of hydrogen-bond donors (Lipinski definition) is 1. The van der Waals surface area contributed by atoms with Gasteiger partial charge >= 0.3 is 0 Å². The molecule has 3 rings (SSSR count). The zero-order valence-corrected chi connectivity index (χ0v) is 16.7. The largest absolute Gasteiger partial charge is 0.335 e.